The van der Waals surface area contributed by atoms with Crippen molar-refractivity contribution in [3.05, 3.63) is 0 Å². The lowest BCUT2D eigenvalue weighted by molar-refractivity contribution is -0.123. The van der Waals surface area contributed by atoms with E-state index in [-0.39, 0.29) is 6.10 Å². The molecular weight excluding hydrogens is 178 g/mol. The second-order valence-corrected chi connectivity index (χ2v) is 3.72. The summed E-state index contributed by atoms with van der Waals surface area (Å²) < 4.78 is 5.62. The van der Waals surface area contributed by atoms with Gasteiger partial charge in [0.1, 0.15) is 5.78 Å². The third-order valence-electron chi connectivity index (χ3n) is 2.53. The molecule has 0 unspecified atom stereocenters. The number of carbonyl (C=O) groups is 1. The van der Waals surface area contributed by atoms with Crippen LogP contribution < -0.4 is 0 Å². The molecule has 1 aliphatic rings. The van der Waals surface area contributed by atoms with E-state index in [2.05, 4.69) is 6.07 Å². The molecule has 0 radical (unpaired) electrons. The molecule has 0 bridgehead atoms. The zero-order valence-corrected chi connectivity index (χ0v) is 8.50. The Morgan fingerprint density at radius 1 is 1.36 bits per heavy atom. The first-order valence-corrected chi connectivity index (χ1v) is 5.33. The Kier molecular flexibility index (Phi) is 5.24. The lowest BCUT2D eigenvalue weighted by atomic mass is 9.96. The summed E-state index contributed by atoms with van der Waals surface area (Å²) in [5.41, 5.74) is 0. The van der Waals surface area contributed by atoms with Crippen LogP contribution >= 0.6 is 0 Å². The van der Waals surface area contributed by atoms with Crippen LogP contribution in [0.15, 0.2) is 0 Å². The number of ketones is 1. The molecule has 14 heavy (non-hydrogen) atoms. The molecule has 0 N–H and O–H groups in total. The van der Waals surface area contributed by atoms with Crippen molar-refractivity contribution in [1.82, 2.24) is 0 Å². The van der Waals surface area contributed by atoms with Gasteiger partial charge in [-0.3, -0.25) is 4.79 Å². The van der Waals surface area contributed by atoms with Crippen LogP contribution in [-0.2, 0) is 9.53 Å². The van der Waals surface area contributed by atoms with E-state index in [1.54, 1.807) is 0 Å². The molecule has 1 rings (SSSR count). The van der Waals surface area contributed by atoms with Crippen LogP contribution in [0.2, 0.25) is 0 Å². The highest BCUT2D eigenvalue weighted by molar-refractivity contribution is 5.79. The maximum absolute atomic E-state index is 10.9. The topological polar surface area (TPSA) is 50.1 Å². The quantitative estimate of drug-likeness (QED) is 0.632. The van der Waals surface area contributed by atoms with Gasteiger partial charge in [0.15, 0.2) is 0 Å². The predicted octanol–water partition coefficient (Wildman–Crippen LogP) is 2.21. The number of unbranched alkanes of at least 4 members (excludes halogenated alkanes) is 2. The Hall–Kier alpha value is -0.880. The van der Waals surface area contributed by atoms with Crippen LogP contribution in [0.3, 0.4) is 0 Å². The van der Waals surface area contributed by atoms with Crippen molar-refractivity contribution >= 4 is 5.78 Å². The predicted molar refractivity (Wildman–Crippen MR) is 52.7 cm³/mol. The Morgan fingerprint density at radius 2 is 2.07 bits per heavy atom. The fraction of sp³-hybridized carbons (Fsp3) is 0.818. The van der Waals surface area contributed by atoms with Crippen molar-refractivity contribution in [2.24, 2.45) is 0 Å². The summed E-state index contributed by atoms with van der Waals surface area (Å²) in [6.07, 6.45) is 5.92. The number of carbonyl (C=O) groups excluding carboxylic acids is 1. The fourth-order valence-electron chi connectivity index (χ4n) is 1.64. The Bertz CT molecular complexity index is 210. The van der Waals surface area contributed by atoms with Gasteiger partial charge in [-0.15, -0.1) is 0 Å². The van der Waals surface area contributed by atoms with Gasteiger partial charge in [0.2, 0.25) is 0 Å². The van der Waals surface area contributed by atoms with E-state index in [1.165, 1.54) is 0 Å². The molecule has 1 aliphatic carbocycles. The molecule has 0 atom stereocenters. The number of hydrogen-bond acceptors (Lipinski definition) is 3. The van der Waals surface area contributed by atoms with E-state index in [4.69, 9.17) is 10.00 Å². The van der Waals surface area contributed by atoms with Crippen LogP contribution in [0, 0.1) is 11.3 Å². The minimum Gasteiger partial charge on any atom is -0.378 e. The third kappa shape index (κ3) is 4.38. The third-order valence-corrected chi connectivity index (χ3v) is 2.53. The van der Waals surface area contributed by atoms with Gasteiger partial charge in [-0.25, -0.2) is 0 Å². The number of Topliss-reactive ketones (excluding diaryl/α,β-unsaturated/α-hetero) is 1. The van der Waals surface area contributed by atoms with Gasteiger partial charge < -0.3 is 4.74 Å². The molecule has 3 heteroatoms. The molecule has 3 nitrogen and oxygen atoms in total. The highest BCUT2D eigenvalue weighted by atomic mass is 16.5. The molecular formula is C11H17NO2. The van der Waals surface area contributed by atoms with Crippen molar-refractivity contribution in [2.75, 3.05) is 6.61 Å². The summed E-state index contributed by atoms with van der Waals surface area (Å²) in [5.74, 6) is 0.370. The average molecular weight is 195 g/mol. The summed E-state index contributed by atoms with van der Waals surface area (Å²) in [6.45, 7) is 0.737. The lowest BCUT2D eigenvalue weighted by Gasteiger charge is -2.21. The first-order valence-electron chi connectivity index (χ1n) is 5.33. The van der Waals surface area contributed by atoms with E-state index in [0.717, 1.165) is 32.3 Å². The Morgan fingerprint density at radius 3 is 2.71 bits per heavy atom. The van der Waals surface area contributed by atoms with Crippen molar-refractivity contribution in [3.8, 4) is 6.07 Å². The number of hydrogen-bond donors (Lipinski definition) is 0. The summed E-state index contributed by atoms with van der Waals surface area (Å²) in [5, 5.41) is 8.32. The molecule has 0 amide bonds. The average Bonchev–Trinajstić information content (AvgIpc) is 2.21. The SMILES string of the molecule is N#CCCCCOC1CCC(=O)CC1. The smallest absolute Gasteiger partial charge is 0.133 e. The molecule has 0 heterocycles. The zero-order chi connectivity index (χ0) is 10.2. The second kappa shape index (κ2) is 6.56. The van der Waals surface area contributed by atoms with Crippen LogP contribution in [0.1, 0.15) is 44.9 Å². The van der Waals surface area contributed by atoms with Gasteiger partial charge >= 0.3 is 0 Å². The number of nitrogens with zero attached hydrogens (tertiary/aromatic N) is 1. The largest absolute Gasteiger partial charge is 0.378 e. The summed E-state index contributed by atoms with van der Waals surface area (Å²) in [7, 11) is 0. The summed E-state index contributed by atoms with van der Waals surface area (Å²) in [6, 6.07) is 2.11. The highest BCUT2D eigenvalue weighted by Gasteiger charge is 2.18. The first kappa shape index (κ1) is 11.2. The molecule has 0 aliphatic heterocycles. The van der Waals surface area contributed by atoms with Crippen LogP contribution in [0.25, 0.3) is 0 Å². The summed E-state index contributed by atoms with van der Waals surface area (Å²) >= 11 is 0. The van der Waals surface area contributed by atoms with Gasteiger partial charge in [-0.1, -0.05) is 0 Å². The molecule has 0 aromatic heterocycles. The van der Waals surface area contributed by atoms with Gasteiger partial charge in [0.25, 0.3) is 0 Å². The van der Waals surface area contributed by atoms with Gasteiger partial charge in [-0.05, 0) is 25.7 Å². The van der Waals surface area contributed by atoms with Crippen LogP contribution in [-0.4, -0.2) is 18.5 Å². The second-order valence-electron chi connectivity index (χ2n) is 3.72. The standard InChI is InChI=1S/C11H17NO2/c12-8-2-1-3-9-14-11-6-4-10(13)5-7-11/h11H,1-7,9H2. The summed E-state index contributed by atoms with van der Waals surface area (Å²) in [4.78, 5) is 10.9. The van der Waals surface area contributed by atoms with Crippen LogP contribution in [0.4, 0.5) is 0 Å². The molecule has 1 saturated carbocycles. The normalized spacial score (nSPS) is 18.1. The zero-order valence-electron chi connectivity index (χ0n) is 8.50. The molecule has 0 spiro atoms. The lowest BCUT2D eigenvalue weighted by Crippen LogP contribution is -2.21. The van der Waals surface area contributed by atoms with Crippen molar-refractivity contribution in [1.29, 1.82) is 5.26 Å². The molecule has 0 aromatic rings. The van der Waals surface area contributed by atoms with E-state index in [0.29, 0.717) is 25.0 Å². The number of ether oxygens (including phenoxy) is 1. The number of rotatable bonds is 5. The van der Waals surface area contributed by atoms with Gasteiger partial charge in [0, 0.05) is 25.9 Å². The van der Waals surface area contributed by atoms with Crippen LogP contribution in [0.5, 0.6) is 0 Å². The minimum absolute atomic E-state index is 0.287. The van der Waals surface area contributed by atoms with E-state index in [9.17, 15) is 4.79 Å². The maximum atomic E-state index is 10.9. The first-order chi connectivity index (χ1) is 6.83. The molecule has 0 aromatic carbocycles. The molecule has 1 fully saturated rings. The molecule has 78 valence electrons. The van der Waals surface area contributed by atoms with Gasteiger partial charge in [-0.2, -0.15) is 5.26 Å². The van der Waals surface area contributed by atoms with Crippen molar-refractivity contribution in [2.45, 2.75) is 51.0 Å². The minimum atomic E-state index is 0.287. The molecule has 0 saturated heterocycles. The number of nitriles is 1. The van der Waals surface area contributed by atoms with E-state index >= 15 is 0 Å². The van der Waals surface area contributed by atoms with Crippen molar-refractivity contribution < 1.29 is 9.53 Å². The Balaban J connectivity index is 1.97. The highest BCUT2D eigenvalue weighted by Crippen LogP contribution is 2.18. The Labute approximate surface area is 85.1 Å². The van der Waals surface area contributed by atoms with Crippen molar-refractivity contribution in [3.63, 3.8) is 0 Å². The van der Waals surface area contributed by atoms with Gasteiger partial charge in [0.05, 0.1) is 12.2 Å². The van der Waals surface area contributed by atoms with E-state index in [1.807, 2.05) is 0 Å². The fourth-order valence-corrected chi connectivity index (χ4v) is 1.64. The maximum Gasteiger partial charge on any atom is 0.133 e. The monoisotopic (exact) mass is 195 g/mol. The van der Waals surface area contributed by atoms with E-state index < -0.39 is 0 Å².